The van der Waals surface area contributed by atoms with E-state index in [4.69, 9.17) is 0 Å². The number of nitrogens with zero attached hydrogens (tertiary/aromatic N) is 2. The maximum Gasteiger partial charge on any atom is 0.104 e. The zero-order chi connectivity index (χ0) is 19.6. The summed E-state index contributed by atoms with van der Waals surface area (Å²) in [6.45, 7) is 5.63. The van der Waals surface area contributed by atoms with Crippen molar-refractivity contribution in [2.45, 2.75) is 23.3 Å². The molecule has 0 saturated heterocycles. The molecule has 2 nitrogen and oxygen atoms in total. The van der Waals surface area contributed by atoms with Gasteiger partial charge in [-0.05, 0) is 24.3 Å². The number of rotatable bonds is 6. The van der Waals surface area contributed by atoms with Gasteiger partial charge in [-0.25, -0.2) is 0 Å². The molecule has 0 aromatic heterocycles. The molecule has 0 saturated carbocycles. The summed E-state index contributed by atoms with van der Waals surface area (Å²) in [7, 11) is 4.69. The standard InChI is InChI=1S/C25H29N2S/c1-20(18-27(2,3)19-21-11-5-4-6-12-21)17-26-22-13-7-9-15-24(22)28-25-16-10-8-14-23(25)26/h4-16,20H,17-19H2,1-3H3/q+1. The van der Waals surface area contributed by atoms with Crippen molar-refractivity contribution in [3.63, 3.8) is 0 Å². The van der Waals surface area contributed by atoms with Crippen LogP contribution in [0, 0.1) is 5.92 Å². The van der Waals surface area contributed by atoms with Gasteiger partial charge < -0.3 is 9.38 Å². The fourth-order valence-electron chi connectivity index (χ4n) is 4.33. The number of hydrogen-bond acceptors (Lipinski definition) is 2. The highest BCUT2D eigenvalue weighted by Gasteiger charge is 2.27. The molecule has 3 heteroatoms. The smallest absolute Gasteiger partial charge is 0.104 e. The topological polar surface area (TPSA) is 3.24 Å². The fourth-order valence-corrected chi connectivity index (χ4v) is 5.43. The van der Waals surface area contributed by atoms with Gasteiger partial charge >= 0.3 is 0 Å². The molecule has 144 valence electrons. The third-order valence-corrected chi connectivity index (χ3v) is 6.42. The Morgan fingerprint density at radius 3 is 1.93 bits per heavy atom. The van der Waals surface area contributed by atoms with Gasteiger partial charge in [0.25, 0.3) is 0 Å². The highest BCUT2D eigenvalue weighted by atomic mass is 32.2. The molecule has 1 aliphatic heterocycles. The molecule has 3 aromatic rings. The first kappa shape index (κ1) is 19.1. The van der Waals surface area contributed by atoms with Crippen molar-refractivity contribution in [2.24, 2.45) is 5.92 Å². The second kappa shape index (κ2) is 8.02. The van der Waals surface area contributed by atoms with E-state index in [0.29, 0.717) is 5.92 Å². The Hall–Kier alpha value is -2.23. The van der Waals surface area contributed by atoms with Gasteiger partial charge in [-0.15, -0.1) is 0 Å². The maximum absolute atomic E-state index is 2.52. The number of para-hydroxylation sites is 2. The van der Waals surface area contributed by atoms with Crippen molar-refractivity contribution in [3.05, 3.63) is 84.4 Å². The summed E-state index contributed by atoms with van der Waals surface area (Å²) in [5, 5.41) is 0. The highest BCUT2D eigenvalue weighted by Crippen LogP contribution is 2.48. The van der Waals surface area contributed by atoms with Crippen LogP contribution < -0.4 is 4.90 Å². The molecule has 0 fully saturated rings. The Morgan fingerprint density at radius 2 is 1.32 bits per heavy atom. The summed E-state index contributed by atoms with van der Waals surface area (Å²) >= 11 is 1.88. The fraction of sp³-hybridized carbons (Fsp3) is 0.280. The zero-order valence-corrected chi connectivity index (χ0v) is 17.8. The van der Waals surface area contributed by atoms with E-state index in [1.165, 1.54) is 26.7 Å². The summed E-state index contributed by atoms with van der Waals surface area (Å²) in [4.78, 5) is 5.23. The van der Waals surface area contributed by atoms with Crippen molar-refractivity contribution in [1.29, 1.82) is 0 Å². The monoisotopic (exact) mass is 389 g/mol. The van der Waals surface area contributed by atoms with E-state index in [1.807, 2.05) is 11.8 Å². The lowest BCUT2D eigenvalue weighted by molar-refractivity contribution is -0.906. The molecule has 1 atom stereocenters. The van der Waals surface area contributed by atoms with Gasteiger partial charge in [-0.3, -0.25) is 0 Å². The van der Waals surface area contributed by atoms with Crippen molar-refractivity contribution < 1.29 is 4.48 Å². The molecular weight excluding hydrogens is 360 g/mol. The van der Waals surface area contributed by atoms with E-state index in [-0.39, 0.29) is 0 Å². The van der Waals surface area contributed by atoms with Gasteiger partial charge in [0.15, 0.2) is 0 Å². The molecular formula is C25H29N2S+. The van der Waals surface area contributed by atoms with Crippen LogP contribution in [-0.2, 0) is 6.54 Å². The molecule has 0 N–H and O–H groups in total. The average molecular weight is 390 g/mol. The average Bonchev–Trinajstić information content (AvgIpc) is 2.67. The molecule has 0 bridgehead atoms. The number of benzene rings is 3. The summed E-state index contributed by atoms with van der Waals surface area (Å²) in [5.74, 6) is 0.572. The second-order valence-corrected chi connectivity index (χ2v) is 9.60. The number of quaternary nitrogens is 1. The van der Waals surface area contributed by atoms with Gasteiger partial charge in [0.2, 0.25) is 0 Å². The summed E-state index contributed by atoms with van der Waals surface area (Å²) in [5.41, 5.74) is 4.09. The van der Waals surface area contributed by atoms with Crippen LogP contribution >= 0.6 is 11.8 Å². The molecule has 0 amide bonds. The summed E-state index contributed by atoms with van der Waals surface area (Å²) in [6, 6.07) is 28.4. The van der Waals surface area contributed by atoms with Crippen LogP contribution in [0.1, 0.15) is 12.5 Å². The van der Waals surface area contributed by atoms with Crippen LogP contribution in [0.5, 0.6) is 0 Å². The third kappa shape index (κ3) is 4.26. The third-order valence-electron chi connectivity index (χ3n) is 5.29. The number of hydrogen-bond donors (Lipinski definition) is 0. The van der Waals surface area contributed by atoms with E-state index in [2.05, 4.69) is 105 Å². The lowest BCUT2D eigenvalue weighted by Gasteiger charge is -2.37. The molecule has 1 heterocycles. The molecule has 4 rings (SSSR count). The molecule has 3 aromatic carbocycles. The Morgan fingerprint density at radius 1 is 0.786 bits per heavy atom. The predicted octanol–water partition coefficient (Wildman–Crippen LogP) is 6.20. The summed E-state index contributed by atoms with van der Waals surface area (Å²) < 4.78 is 0.997. The minimum absolute atomic E-state index is 0.572. The van der Waals surface area contributed by atoms with Gasteiger partial charge in [-0.2, -0.15) is 0 Å². The molecule has 0 aliphatic carbocycles. The minimum Gasteiger partial charge on any atom is -0.339 e. The normalized spacial score (nSPS) is 14.3. The Bertz CT molecular complexity index is 891. The van der Waals surface area contributed by atoms with E-state index in [1.54, 1.807) is 0 Å². The lowest BCUT2D eigenvalue weighted by Crippen LogP contribution is -2.44. The van der Waals surface area contributed by atoms with Crippen LogP contribution in [0.15, 0.2) is 88.7 Å². The molecule has 1 aliphatic rings. The highest BCUT2D eigenvalue weighted by molar-refractivity contribution is 7.99. The Balaban J connectivity index is 1.52. The molecule has 0 spiro atoms. The van der Waals surface area contributed by atoms with E-state index in [0.717, 1.165) is 24.1 Å². The first-order valence-corrected chi connectivity index (χ1v) is 10.8. The minimum atomic E-state index is 0.572. The van der Waals surface area contributed by atoms with Crippen LogP contribution in [0.2, 0.25) is 0 Å². The van der Waals surface area contributed by atoms with Crippen LogP contribution in [0.25, 0.3) is 0 Å². The number of fused-ring (bicyclic) bond motifs is 2. The van der Waals surface area contributed by atoms with E-state index >= 15 is 0 Å². The quantitative estimate of drug-likeness (QED) is 0.462. The Kier molecular flexibility index (Phi) is 5.47. The first-order valence-electron chi connectivity index (χ1n) is 10.0. The molecule has 28 heavy (non-hydrogen) atoms. The largest absolute Gasteiger partial charge is 0.339 e. The lowest BCUT2D eigenvalue weighted by atomic mass is 10.1. The van der Waals surface area contributed by atoms with Gasteiger partial charge in [-0.1, -0.05) is 73.3 Å². The second-order valence-electron chi connectivity index (χ2n) is 8.52. The van der Waals surface area contributed by atoms with E-state index in [9.17, 15) is 0 Å². The Labute approximate surface area is 173 Å². The van der Waals surface area contributed by atoms with Crippen LogP contribution in [0.4, 0.5) is 11.4 Å². The van der Waals surface area contributed by atoms with Crippen molar-refractivity contribution in [1.82, 2.24) is 0 Å². The van der Waals surface area contributed by atoms with Crippen molar-refractivity contribution in [3.8, 4) is 0 Å². The zero-order valence-electron chi connectivity index (χ0n) is 17.0. The summed E-state index contributed by atoms with van der Waals surface area (Å²) in [6.07, 6.45) is 0. The van der Waals surface area contributed by atoms with Crippen LogP contribution in [0.3, 0.4) is 0 Å². The number of anilines is 2. The molecule has 1 unspecified atom stereocenters. The van der Waals surface area contributed by atoms with Crippen molar-refractivity contribution >= 4 is 23.1 Å². The molecule has 0 radical (unpaired) electrons. The van der Waals surface area contributed by atoms with Gasteiger partial charge in [0.05, 0.1) is 32.0 Å². The first-order chi connectivity index (χ1) is 13.5. The van der Waals surface area contributed by atoms with Gasteiger partial charge in [0, 0.05) is 27.8 Å². The predicted molar refractivity (Wildman–Crippen MR) is 120 cm³/mol. The van der Waals surface area contributed by atoms with Crippen LogP contribution in [-0.4, -0.2) is 31.7 Å². The van der Waals surface area contributed by atoms with E-state index < -0.39 is 0 Å². The SMILES string of the molecule is CC(CN1c2ccccc2Sc2ccccc21)C[N+](C)(C)Cc1ccccc1. The maximum atomic E-state index is 2.52. The van der Waals surface area contributed by atoms with Crippen molar-refractivity contribution in [2.75, 3.05) is 32.1 Å². The van der Waals surface area contributed by atoms with Gasteiger partial charge in [0.1, 0.15) is 6.54 Å².